The molecule has 0 heterocycles. The fourth-order valence-electron chi connectivity index (χ4n) is 3.16. The molecular formula is C29H26ClF. The maximum absolute atomic E-state index is 13.8. The molecular weight excluding hydrogens is 403 g/mol. The van der Waals surface area contributed by atoms with Crippen LogP contribution >= 0.6 is 11.6 Å². The van der Waals surface area contributed by atoms with Crippen molar-refractivity contribution in [1.82, 2.24) is 0 Å². The largest absolute Gasteiger partial charge is 0.206 e. The van der Waals surface area contributed by atoms with E-state index in [9.17, 15) is 4.39 Å². The molecule has 0 unspecified atom stereocenters. The van der Waals surface area contributed by atoms with Crippen molar-refractivity contribution in [3.05, 3.63) is 105 Å². The summed E-state index contributed by atoms with van der Waals surface area (Å²) in [4.78, 5) is 0. The van der Waals surface area contributed by atoms with Crippen LogP contribution in [-0.4, -0.2) is 0 Å². The zero-order valence-corrected chi connectivity index (χ0v) is 18.6. The first-order valence-corrected chi connectivity index (χ1v) is 11.2. The lowest BCUT2D eigenvalue weighted by atomic mass is 10.0. The first-order valence-electron chi connectivity index (χ1n) is 10.8. The Morgan fingerprint density at radius 3 is 1.94 bits per heavy atom. The van der Waals surface area contributed by atoms with E-state index in [4.69, 9.17) is 11.6 Å². The van der Waals surface area contributed by atoms with Crippen molar-refractivity contribution in [3.8, 4) is 23.7 Å². The highest BCUT2D eigenvalue weighted by molar-refractivity contribution is 6.30. The molecule has 0 saturated heterocycles. The van der Waals surface area contributed by atoms with E-state index in [0.717, 1.165) is 30.4 Å². The SMILES string of the molecule is CCCCCC#Cc1ccc(CCc2ccc(C#Cc3ccc(Cl)cc3F)cc2)cc1. The standard InChI is InChI=1S/C29H26ClF/c1-2-3-4-5-6-7-23-8-10-24(11-9-23)12-13-25-14-16-26(17-15-25)18-19-27-20-21-28(30)22-29(27)31/h8-11,14-17,20-22H,2-5,12-13H2,1H3. The molecule has 3 aromatic carbocycles. The van der Waals surface area contributed by atoms with E-state index in [-0.39, 0.29) is 0 Å². The van der Waals surface area contributed by atoms with Crippen LogP contribution in [0.5, 0.6) is 0 Å². The molecule has 0 aliphatic rings. The Morgan fingerprint density at radius 2 is 1.35 bits per heavy atom. The van der Waals surface area contributed by atoms with Crippen molar-refractivity contribution in [1.29, 1.82) is 0 Å². The summed E-state index contributed by atoms with van der Waals surface area (Å²) >= 11 is 5.77. The maximum Gasteiger partial charge on any atom is 0.140 e. The van der Waals surface area contributed by atoms with Gasteiger partial charge in [0.25, 0.3) is 0 Å². The van der Waals surface area contributed by atoms with Gasteiger partial charge >= 0.3 is 0 Å². The van der Waals surface area contributed by atoms with Crippen LogP contribution in [0.15, 0.2) is 66.7 Å². The third kappa shape index (κ3) is 7.64. The van der Waals surface area contributed by atoms with Gasteiger partial charge in [0, 0.05) is 22.6 Å². The monoisotopic (exact) mass is 428 g/mol. The minimum Gasteiger partial charge on any atom is -0.206 e. The minimum atomic E-state index is -0.398. The second-order valence-corrected chi connectivity index (χ2v) is 7.96. The molecule has 156 valence electrons. The molecule has 3 aromatic rings. The number of rotatable bonds is 6. The van der Waals surface area contributed by atoms with Crippen LogP contribution in [0.2, 0.25) is 5.02 Å². The second-order valence-electron chi connectivity index (χ2n) is 7.53. The Balaban J connectivity index is 1.52. The third-order valence-electron chi connectivity index (χ3n) is 5.02. The number of hydrogen-bond acceptors (Lipinski definition) is 0. The highest BCUT2D eigenvalue weighted by Crippen LogP contribution is 2.14. The molecule has 2 heteroatoms. The lowest BCUT2D eigenvalue weighted by Crippen LogP contribution is -1.92. The number of hydrogen-bond donors (Lipinski definition) is 0. The zero-order valence-electron chi connectivity index (χ0n) is 17.8. The van der Waals surface area contributed by atoms with E-state index >= 15 is 0 Å². The zero-order chi connectivity index (χ0) is 21.9. The second kappa shape index (κ2) is 12.0. The molecule has 0 spiro atoms. The van der Waals surface area contributed by atoms with Crippen LogP contribution in [0.3, 0.4) is 0 Å². The molecule has 0 bridgehead atoms. The highest BCUT2D eigenvalue weighted by atomic mass is 35.5. The van der Waals surface area contributed by atoms with E-state index in [2.05, 4.69) is 67.0 Å². The van der Waals surface area contributed by atoms with Crippen molar-refractivity contribution in [2.24, 2.45) is 0 Å². The Bertz CT molecular complexity index is 1100. The smallest absolute Gasteiger partial charge is 0.140 e. The summed E-state index contributed by atoms with van der Waals surface area (Å²) in [6.45, 7) is 2.21. The van der Waals surface area contributed by atoms with Crippen LogP contribution in [0, 0.1) is 29.5 Å². The lowest BCUT2D eigenvalue weighted by molar-refractivity contribution is 0.624. The molecule has 0 radical (unpaired) electrons. The van der Waals surface area contributed by atoms with Crippen LogP contribution in [0.1, 0.15) is 60.4 Å². The van der Waals surface area contributed by atoms with Gasteiger partial charge in [-0.3, -0.25) is 0 Å². The molecule has 0 aliphatic heterocycles. The first kappa shape index (κ1) is 22.7. The highest BCUT2D eigenvalue weighted by Gasteiger charge is 2.00. The van der Waals surface area contributed by atoms with Gasteiger partial charge in [0.2, 0.25) is 0 Å². The summed E-state index contributed by atoms with van der Waals surface area (Å²) in [5, 5.41) is 0.373. The van der Waals surface area contributed by atoms with Crippen LogP contribution in [-0.2, 0) is 12.8 Å². The van der Waals surface area contributed by atoms with Gasteiger partial charge in [-0.25, -0.2) is 4.39 Å². The predicted octanol–water partition coefficient (Wildman–Crippen LogP) is 7.60. The van der Waals surface area contributed by atoms with Crippen molar-refractivity contribution in [2.45, 2.75) is 45.4 Å². The molecule has 31 heavy (non-hydrogen) atoms. The number of benzene rings is 3. The number of unbranched alkanes of at least 4 members (excludes halogenated alkanes) is 3. The maximum atomic E-state index is 13.8. The summed E-state index contributed by atoms with van der Waals surface area (Å²) in [6, 6.07) is 21.2. The van der Waals surface area contributed by atoms with Gasteiger partial charge in [-0.15, -0.1) is 0 Å². The van der Waals surface area contributed by atoms with Crippen LogP contribution in [0.25, 0.3) is 0 Å². The van der Waals surface area contributed by atoms with Crippen LogP contribution in [0.4, 0.5) is 4.39 Å². The Morgan fingerprint density at radius 1 is 0.742 bits per heavy atom. The molecule has 0 nitrogen and oxygen atoms in total. The van der Waals surface area contributed by atoms with E-state index in [1.54, 1.807) is 12.1 Å². The average molecular weight is 429 g/mol. The van der Waals surface area contributed by atoms with E-state index in [1.165, 1.54) is 36.5 Å². The van der Waals surface area contributed by atoms with Gasteiger partial charge in [0.1, 0.15) is 5.82 Å². The Labute approximate surface area is 190 Å². The van der Waals surface area contributed by atoms with E-state index in [1.807, 2.05) is 12.1 Å². The topological polar surface area (TPSA) is 0 Å². The minimum absolute atomic E-state index is 0.350. The van der Waals surface area contributed by atoms with Crippen LogP contribution < -0.4 is 0 Å². The van der Waals surface area contributed by atoms with Gasteiger partial charge < -0.3 is 0 Å². The van der Waals surface area contributed by atoms with Gasteiger partial charge in [0.05, 0.1) is 5.56 Å². The van der Waals surface area contributed by atoms with Crippen molar-refractivity contribution < 1.29 is 4.39 Å². The normalized spacial score (nSPS) is 10.0. The molecule has 0 amide bonds. The summed E-state index contributed by atoms with van der Waals surface area (Å²) in [7, 11) is 0. The summed E-state index contributed by atoms with van der Waals surface area (Å²) in [6.07, 6.45) is 6.58. The first-order chi connectivity index (χ1) is 15.1. The number of halogens is 2. The molecule has 0 saturated carbocycles. The Kier molecular flexibility index (Phi) is 8.78. The molecule has 3 rings (SSSR count). The molecule has 0 aliphatic carbocycles. The van der Waals surface area contributed by atoms with E-state index < -0.39 is 5.82 Å². The van der Waals surface area contributed by atoms with Crippen molar-refractivity contribution >= 4 is 11.6 Å². The molecule has 0 aromatic heterocycles. The van der Waals surface area contributed by atoms with Gasteiger partial charge in [0.15, 0.2) is 0 Å². The molecule has 0 atom stereocenters. The fraction of sp³-hybridized carbons (Fsp3) is 0.241. The van der Waals surface area contributed by atoms with E-state index in [0.29, 0.717) is 10.6 Å². The van der Waals surface area contributed by atoms with Crippen molar-refractivity contribution in [2.75, 3.05) is 0 Å². The summed E-state index contributed by atoms with van der Waals surface area (Å²) in [5.41, 5.74) is 4.85. The summed E-state index contributed by atoms with van der Waals surface area (Å²) in [5.74, 6) is 12.0. The lowest BCUT2D eigenvalue weighted by Gasteiger charge is -2.03. The third-order valence-corrected chi connectivity index (χ3v) is 5.26. The summed E-state index contributed by atoms with van der Waals surface area (Å²) < 4.78 is 13.8. The number of aryl methyl sites for hydroxylation is 2. The van der Waals surface area contributed by atoms with Gasteiger partial charge in [-0.05, 0) is 72.9 Å². The quantitative estimate of drug-likeness (QED) is 0.280. The van der Waals surface area contributed by atoms with Gasteiger partial charge in [-0.1, -0.05) is 79.3 Å². The fourth-order valence-corrected chi connectivity index (χ4v) is 3.32. The predicted molar refractivity (Wildman–Crippen MR) is 129 cm³/mol. The molecule has 0 fully saturated rings. The van der Waals surface area contributed by atoms with Crippen molar-refractivity contribution in [3.63, 3.8) is 0 Å². The average Bonchev–Trinajstić information content (AvgIpc) is 2.78. The Hall–Kier alpha value is -3.00. The molecule has 0 N–H and O–H groups in total. The van der Waals surface area contributed by atoms with Gasteiger partial charge in [-0.2, -0.15) is 0 Å².